The number of aryl methyl sites for hydroxylation is 1. The van der Waals surface area contributed by atoms with Crippen molar-refractivity contribution >= 4 is 5.97 Å². The van der Waals surface area contributed by atoms with E-state index in [0.717, 1.165) is 12.1 Å². The highest BCUT2D eigenvalue weighted by Crippen LogP contribution is 2.13. The molecule has 6 nitrogen and oxygen atoms in total. The van der Waals surface area contributed by atoms with Crippen molar-refractivity contribution in [1.82, 2.24) is 20.2 Å². The van der Waals surface area contributed by atoms with Gasteiger partial charge >= 0.3 is 5.97 Å². The molecule has 82 valence electrons. The molecule has 2 rings (SSSR count). The summed E-state index contributed by atoms with van der Waals surface area (Å²) in [5, 5.41) is 19.4. The summed E-state index contributed by atoms with van der Waals surface area (Å²) in [5.41, 5.74) is 0.129. The van der Waals surface area contributed by atoms with Gasteiger partial charge in [0.25, 0.3) is 0 Å². The van der Waals surface area contributed by atoms with Crippen molar-refractivity contribution < 1.29 is 14.3 Å². The van der Waals surface area contributed by atoms with Gasteiger partial charge in [0, 0.05) is 0 Å². The summed E-state index contributed by atoms with van der Waals surface area (Å²) in [7, 11) is 0. The number of hydrogen-bond donors (Lipinski definition) is 1. The first kappa shape index (κ1) is 10.2. The van der Waals surface area contributed by atoms with E-state index in [1.54, 1.807) is 6.92 Å². The van der Waals surface area contributed by atoms with E-state index in [2.05, 4.69) is 15.5 Å². The van der Waals surface area contributed by atoms with Crippen LogP contribution in [0.15, 0.2) is 18.2 Å². The van der Waals surface area contributed by atoms with Crippen molar-refractivity contribution in [3.63, 3.8) is 0 Å². The van der Waals surface area contributed by atoms with Gasteiger partial charge in [-0.15, -0.1) is 5.10 Å². The lowest BCUT2D eigenvalue weighted by Crippen LogP contribution is -2.04. The minimum Gasteiger partial charge on any atom is -0.478 e. The van der Waals surface area contributed by atoms with E-state index in [1.165, 1.54) is 10.7 Å². The molecule has 0 bridgehead atoms. The predicted molar refractivity (Wildman–Crippen MR) is 50.8 cm³/mol. The van der Waals surface area contributed by atoms with Gasteiger partial charge in [0.15, 0.2) is 5.82 Å². The quantitative estimate of drug-likeness (QED) is 0.813. The highest BCUT2D eigenvalue weighted by Gasteiger charge is 2.10. The molecule has 1 aromatic carbocycles. The molecule has 0 spiro atoms. The lowest BCUT2D eigenvalue weighted by Gasteiger charge is -2.03. The number of carboxylic acids is 1. The zero-order valence-electron chi connectivity index (χ0n) is 8.25. The second kappa shape index (κ2) is 3.69. The van der Waals surface area contributed by atoms with E-state index in [0.29, 0.717) is 5.82 Å². The summed E-state index contributed by atoms with van der Waals surface area (Å²) in [4.78, 5) is 10.7. The third kappa shape index (κ3) is 1.74. The molecule has 0 aliphatic rings. The highest BCUT2D eigenvalue weighted by molar-refractivity contribution is 5.88. The molecule has 1 N–H and O–H groups in total. The minimum atomic E-state index is -1.20. The first-order chi connectivity index (χ1) is 7.58. The average Bonchev–Trinajstić information content (AvgIpc) is 2.63. The highest BCUT2D eigenvalue weighted by atomic mass is 19.1. The molecule has 0 saturated heterocycles. The Hall–Kier alpha value is -2.31. The summed E-state index contributed by atoms with van der Waals surface area (Å²) in [6.07, 6.45) is 0. The molecule has 1 heterocycles. The van der Waals surface area contributed by atoms with Gasteiger partial charge in [-0.25, -0.2) is 9.18 Å². The van der Waals surface area contributed by atoms with Crippen molar-refractivity contribution in [1.29, 1.82) is 0 Å². The maximum Gasteiger partial charge on any atom is 0.335 e. The number of nitrogens with zero attached hydrogens (tertiary/aromatic N) is 4. The van der Waals surface area contributed by atoms with Crippen LogP contribution in [0, 0.1) is 12.7 Å². The second-order valence-corrected chi connectivity index (χ2v) is 3.14. The zero-order chi connectivity index (χ0) is 11.7. The molecule has 7 heteroatoms. The number of hydrogen-bond acceptors (Lipinski definition) is 4. The third-order valence-corrected chi connectivity index (χ3v) is 2.00. The smallest absolute Gasteiger partial charge is 0.335 e. The Kier molecular flexibility index (Phi) is 2.35. The lowest BCUT2D eigenvalue weighted by atomic mass is 10.2. The van der Waals surface area contributed by atoms with Gasteiger partial charge < -0.3 is 5.11 Å². The molecule has 0 unspecified atom stereocenters. The van der Waals surface area contributed by atoms with Gasteiger partial charge in [-0.2, -0.15) is 4.68 Å². The number of benzene rings is 1. The van der Waals surface area contributed by atoms with Gasteiger partial charge in [-0.05, 0) is 35.5 Å². The molecule has 16 heavy (non-hydrogen) atoms. The Bertz CT molecular complexity index is 552. The second-order valence-electron chi connectivity index (χ2n) is 3.14. The van der Waals surface area contributed by atoms with Crippen LogP contribution >= 0.6 is 0 Å². The first-order valence-corrected chi connectivity index (χ1v) is 4.37. The van der Waals surface area contributed by atoms with Crippen molar-refractivity contribution in [2.75, 3.05) is 0 Å². The van der Waals surface area contributed by atoms with Crippen LogP contribution in [-0.2, 0) is 0 Å². The van der Waals surface area contributed by atoms with E-state index < -0.39 is 11.8 Å². The van der Waals surface area contributed by atoms with E-state index in [1.807, 2.05) is 0 Å². The standard InChI is InChI=1S/C9H7FN4O2/c1-5-11-12-13-14(5)8-3-6(9(15)16)2-7(10)4-8/h2-4H,1H3,(H,15,16). The van der Waals surface area contributed by atoms with Crippen LogP contribution < -0.4 is 0 Å². The maximum atomic E-state index is 13.2. The van der Waals surface area contributed by atoms with Crippen LogP contribution in [-0.4, -0.2) is 31.3 Å². The fraction of sp³-hybridized carbons (Fsp3) is 0.111. The fourth-order valence-corrected chi connectivity index (χ4v) is 1.29. The Labute approximate surface area is 89.3 Å². The summed E-state index contributed by atoms with van der Waals surface area (Å²) >= 11 is 0. The third-order valence-electron chi connectivity index (χ3n) is 2.00. The van der Waals surface area contributed by atoms with E-state index >= 15 is 0 Å². The summed E-state index contributed by atoms with van der Waals surface area (Å²) in [6.45, 7) is 1.63. The van der Waals surface area contributed by atoms with Crippen LogP contribution in [0.5, 0.6) is 0 Å². The predicted octanol–water partition coefficient (Wildman–Crippen LogP) is 0.808. The van der Waals surface area contributed by atoms with Crippen molar-refractivity contribution in [2.45, 2.75) is 6.92 Å². The molecule has 0 atom stereocenters. The molecule has 1 aromatic heterocycles. The average molecular weight is 222 g/mol. The SMILES string of the molecule is Cc1nnnn1-c1cc(F)cc(C(=O)O)c1. The van der Waals surface area contributed by atoms with Crippen LogP contribution in [0.2, 0.25) is 0 Å². The molecule has 0 aliphatic carbocycles. The molecule has 0 aliphatic heterocycles. The Morgan fingerprint density at radius 3 is 2.75 bits per heavy atom. The van der Waals surface area contributed by atoms with Crippen LogP contribution in [0.3, 0.4) is 0 Å². The monoisotopic (exact) mass is 222 g/mol. The van der Waals surface area contributed by atoms with Crippen LogP contribution in [0.1, 0.15) is 16.2 Å². The normalized spacial score (nSPS) is 10.4. The first-order valence-electron chi connectivity index (χ1n) is 4.37. The Morgan fingerprint density at radius 1 is 1.44 bits per heavy atom. The van der Waals surface area contributed by atoms with E-state index in [4.69, 9.17) is 5.11 Å². The lowest BCUT2D eigenvalue weighted by molar-refractivity contribution is 0.0696. The Balaban J connectivity index is 2.58. The van der Waals surface area contributed by atoms with Crippen molar-refractivity contribution in [2.24, 2.45) is 0 Å². The zero-order valence-corrected chi connectivity index (χ0v) is 8.25. The van der Waals surface area contributed by atoms with Gasteiger partial charge in [-0.1, -0.05) is 0 Å². The molecule has 0 saturated carbocycles. The van der Waals surface area contributed by atoms with Gasteiger partial charge in [0.1, 0.15) is 5.82 Å². The summed E-state index contributed by atoms with van der Waals surface area (Å²) < 4.78 is 14.4. The molecule has 0 radical (unpaired) electrons. The number of aromatic carboxylic acids is 1. The number of tetrazole rings is 1. The number of aromatic nitrogens is 4. The van der Waals surface area contributed by atoms with Gasteiger partial charge in [0.05, 0.1) is 11.3 Å². The summed E-state index contributed by atoms with van der Waals surface area (Å²) in [6, 6.07) is 3.40. The van der Waals surface area contributed by atoms with Gasteiger partial charge in [-0.3, -0.25) is 0 Å². The number of carbonyl (C=O) groups is 1. The van der Waals surface area contributed by atoms with Crippen LogP contribution in [0.4, 0.5) is 4.39 Å². The molecule has 0 fully saturated rings. The molecular weight excluding hydrogens is 215 g/mol. The molecular formula is C9H7FN4O2. The number of halogens is 1. The van der Waals surface area contributed by atoms with Crippen molar-refractivity contribution in [3.05, 3.63) is 35.4 Å². The summed E-state index contributed by atoms with van der Waals surface area (Å²) in [5.74, 6) is -1.40. The minimum absolute atomic E-state index is 0.148. The molecule has 0 amide bonds. The molecule has 2 aromatic rings. The topological polar surface area (TPSA) is 80.9 Å². The largest absolute Gasteiger partial charge is 0.478 e. The fourth-order valence-electron chi connectivity index (χ4n) is 1.29. The van der Waals surface area contributed by atoms with Gasteiger partial charge in [0.2, 0.25) is 0 Å². The Morgan fingerprint density at radius 2 is 2.19 bits per heavy atom. The van der Waals surface area contributed by atoms with E-state index in [9.17, 15) is 9.18 Å². The van der Waals surface area contributed by atoms with Crippen molar-refractivity contribution in [3.8, 4) is 5.69 Å². The van der Waals surface area contributed by atoms with Crippen LogP contribution in [0.25, 0.3) is 5.69 Å². The maximum absolute atomic E-state index is 13.2. The number of rotatable bonds is 2. The number of carboxylic acid groups (broad SMARTS) is 1. The van der Waals surface area contributed by atoms with E-state index in [-0.39, 0.29) is 11.3 Å².